The molecule has 1 aliphatic rings. The van der Waals surface area contributed by atoms with Crippen LogP contribution in [0.1, 0.15) is 43.0 Å². The van der Waals surface area contributed by atoms with E-state index in [1.165, 1.54) is 12.1 Å². The maximum atomic E-state index is 13.5. The van der Waals surface area contributed by atoms with Crippen molar-refractivity contribution in [2.24, 2.45) is 5.73 Å². The van der Waals surface area contributed by atoms with Gasteiger partial charge in [0, 0.05) is 25.1 Å². The van der Waals surface area contributed by atoms with Gasteiger partial charge in [0.05, 0.1) is 11.6 Å². The highest BCUT2D eigenvalue weighted by molar-refractivity contribution is 6.00. The van der Waals surface area contributed by atoms with Gasteiger partial charge in [-0.05, 0) is 53.3 Å². The summed E-state index contributed by atoms with van der Waals surface area (Å²) in [6.07, 6.45) is 1.22. The average Bonchev–Trinajstić information content (AvgIpc) is 2.84. The number of ketones is 1. The second-order valence-corrected chi connectivity index (χ2v) is 8.29. The Morgan fingerprint density at radius 1 is 0.939 bits per heavy atom. The third-order valence-electron chi connectivity index (χ3n) is 6.12. The smallest absolute Gasteiger partial charge is 0.335 e. The van der Waals surface area contributed by atoms with E-state index in [2.05, 4.69) is 0 Å². The van der Waals surface area contributed by atoms with Crippen molar-refractivity contribution in [1.29, 1.82) is 0 Å². The Morgan fingerprint density at radius 3 is 2.30 bits per heavy atom. The van der Waals surface area contributed by atoms with E-state index in [0.29, 0.717) is 31.5 Å². The summed E-state index contributed by atoms with van der Waals surface area (Å²) in [4.78, 5) is 39.7. The van der Waals surface area contributed by atoms with Crippen LogP contribution >= 0.6 is 0 Å². The number of nitrogens with two attached hydrogens (primary N) is 1. The molecular formula is C27H26N2O4. The third kappa shape index (κ3) is 5.02. The molecule has 0 aromatic heterocycles. The number of amides is 1. The number of carbonyl (C=O) groups is 3. The van der Waals surface area contributed by atoms with Gasteiger partial charge in [0.2, 0.25) is 0 Å². The van der Waals surface area contributed by atoms with E-state index in [-0.39, 0.29) is 23.7 Å². The number of carboxylic acid groups (broad SMARTS) is 1. The predicted octanol–water partition coefficient (Wildman–Crippen LogP) is 3.26. The van der Waals surface area contributed by atoms with Crippen LogP contribution in [-0.4, -0.2) is 40.3 Å². The van der Waals surface area contributed by atoms with Gasteiger partial charge in [-0.3, -0.25) is 9.59 Å². The molecule has 0 bridgehead atoms. The maximum absolute atomic E-state index is 13.5. The number of carboxylic acids is 1. The molecule has 3 N–H and O–H groups in total. The van der Waals surface area contributed by atoms with Crippen molar-refractivity contribution in [3.8, 4) is 0 Å². The molecule has 6 nitrogen and oxygen atoms in total. The van der Waals surface area contributed by atoms with Crippen LogP contribution in [0.4, 0.5) is 0 Å². The lowest BCUT2D eigenvalue weighted by atomic mass is 9.91. The van der Waals surface area contributed by atoms with Crippen LogP contribution in [0.5, 0.6) is 0 Å². The van der Waals surface area contributed by atoms with Crippen molar-refractivity contribution in [3.63, 3.8) is 0 Å². The number of fused-ring (bicyclic) bond motifs is 1. The fraction of sp³-hybridized carbons (Fsp3) is 0.222. The van der Waals surface area contributed by atoms with Crippen LogP contribution in [0.15, 0.2) is 72.8 Å². The summed E-state index contributed by atoms with van der Waals surface area (Å²) in [7, 11) is 0. The van der Waals surface area contributed by atoms with Crippen molar-refractivity contribution in [3.05, 3.63) is 106 Å². The van der Waals surface area contributed by atoms with Gasteiger partial charge in [0.1, 0.15) is 0 Å². The second kappa shape index (κ2) is 9.79. The molecule has 0 saturated heterocycles. The summed E-state index contributed by atoms with van der Waals surface area (Å²) in [6.45, 7) is 0.877. The molecular weight excluding hydrogens is 416 g/mol. The molecule has 6 heteroatoms. The second-order valence-electron chi connectivity index (χ2n) is 8.29. The molecule has 1 aliphatic heterocycles. The fourth-order valence-electron chi connectivity index (χ4n) is 4.30. The number of aromatic carboxylic acids is 1. The number of carbonyl (C=O) groups excluding carboxylic acids is 2. The lowest BCUT2D eigenvalue weighted by molar-refractivity contribution is -0.123. The van der Waals surface area contributed by atoms with E-state index in [4.69, 9.17) is 10.8 Å². The first kappa shape index (κ1) is 22.4. The molecule has 1 amide bonds. The van der Waals surface area contributed by atoms with E-state index in [1.54, 1.807) is 23.1 Å². The summed E-state index contributed by atoms with van der Waals surface area (Å²) in [5, 5.41) is 9.10. The van der Waals surface area contributed by atoms with Crippen LogP contribution in [0.25, 0.3) is 0 Å². The first-order chi connectivity index (χ1) is 16.0. The third-order valence-corrected chi connectivity index (χ3v) is 6.12. The quantitative estimate of drug-likeness (QED) is 0.558. The monoisotopic (exact) mass is 442 g/mol. The molecule has 1 unspecified atom stereocenters. The minimum Gasteiger partial charge on any atom is -0.478 e. The van der Waals surface area contributed by atoms with E-state index < -0.39 is 12.0 Å². The molecule has 0 saturated carbocycles. The summed E-state index contributed by atoms with van der Waals surface area (Å²) in [6, 6.07) is 21.0. The molecule has 33 heavy (non-hydrogen) atoms. The molecule has 0 fully saturated rings. The lowest BCUT2D eigenvalue weighted by Gasteiger charge is -2.35. The Balaban J connectivity index is 1.61. The van der Waals surface area contributed by atoms with Crippen LogP contribution in [0.2, 0.25) is 0 Å². The van der Waals surface area contributed by atoms with Gasteiger partial charge in [-0.15, -0.1) is 0 Å². The first-order valence-electron chi connectivity index (χ1n) is 11.0. The molecule has 0 aliphatic carbocycles. The number of rotatable bonds is 8. The normalized spacial score (nSPS) is 14.0. The Labute approximate surface area is 192 Å². The summed E-state index contributed by atoms with van der Waals surface area (Å²) in [5.74, 6) is -1.22. The van der Waals surface area contributed by atoms with Crippen LogP contribution in [0, 0.1) is 0 Å². The lowest BCUT2D eigenvalue weighted by Crippen LogP contribution is -2.50. The minimum absolute atomic E-state index is 0.0719. The van der Waals surface area contributed by atoms with Gasteiger partial charge >= 0.3 is 5.97 Å². The summed E-state index contributed by atoms with van der Waals surface area (Å²) >= 11 is 0. The zero-order valence-corrected chi connectivity index (χ0v) is 18.2. The SMILES string of the molecule is NCc1ccc2c(c1)CCN(C(Cc1ccccc1)C(=O)Cc1ccc(C(=O)O)cc1)C2=O. The minimum atomic E-state index is -1.01. The molecule has 3 aromatic carbocycles. The Hall–Kier alpha value is -3.77. The van der Waals surface area contributed by atoms with Gasteiger partial charge < -0.3 is 15.7 Å². The number of nitrogens with zero attached hydrogens (tertiary/aromatic N) is 1. The molecule has 4 rings (SSSR count). The van der Waals surface area contributed by atoms with Crippen molar-refractivity contribution in [2.45, 2.75) is 31.8 Å². The number of Topliss-reactive ketones (excluding diaryl/α,β-unsaturated/α-hetero) is 1. The van der Waals surface area contributed by atoms with Crippen molar-refractivity contribution in [2.75, 3.05) is 6.54 Å². The van der Waals surface area contributed by atoms with Gasteiger partial charge in [-0.25, -0.2) is 4.79 Å². The molecule has 3 aromatic rings. The molecule has 1 atom stereocenters. The number of hydrogen-bond donors (Lipinski definition) is 2. The summed E-state index contributed by atoms with van der Waals surface area (Å²) < 4.78 is 0. The highest BCUT2D eigenvalue weighted by atomic mass is 16.4. The Bertz CT molecular complexity index is 1170. The number of hydrogen-bond acceptors (Lipinski definition) is 4. The van der Waals surface area contributed by atoms with Crippen molar-refractivity contribution < 1.29 is 19.5 Å². The molecule has 0 spiro atoms. The van der Waals surface area contributed by atoms with Crippen LogP contribution < -0.4 is 5.73 Å². The Morgan fingerprint density at radius 2 is 1.64 bits per heavy atom. The highest BCUT2D eigenvalue weighted by Gasteiger charge is 2.34. The van der Waals surface area contributed by atoms with E-state index in [9.17, 15) is 14.4 Å². The Kier molecular flexibility index (Phi) is 6.66. The van der Waals surface area contributed by atoms with Gasteiger partial charge in [-0.2, -0.15) is 0 Å². The van der Waals surface area contributed by atoms with E-state index in [0.717, 1.165) is 22.3 Å². The molecule has 0 radical (unpaired) electrons. The largest absolute Gasteiger partial charge is 0.478 e. The standard InChI is InChI=1S/C27H26N2O4/c28-17-20-8-11-23-22(14-20)12-13-29(26(23)31)24(15-18-4-2-1-3-5-18)25(30)16-19-6-9-21(10-7-19)27(32)33/h1-11,14,24H,12-13,15-17,28H2,(H,32,33). The van der Waals surface area contributed by atoms with Gasteiger partial charge in [0.25, 0.3) is 5.91 Å². The topological polar surface area (TPSA) is 101 Å². The zero-order valence-electron chi connectivity index (χ0n) is 18.2. The van der Waals surface area contributed by atoms with Crippen molar-refractivity contribution in [1.82, 2.24) is 4.90 Å². The molecule has 1 heterocycles. The van der Waals surface area contributed by atoms with Crippen LogP contribution in [0.3, 0.4) is 0 Å². The van der Waals surface area contributed by atoms with Crippen molar-refractivity contribution >= 4 is 17.7 Å². The average molecular weight is 443 g/mol. The maximum Gasteiger partial charge on any atom is 0.335 e. The zero-order chi connectivity index (χ0) is 23.4. The van der Waals surface area contributed by atoms with Gasteiger partial charge in [-0.1, -0.05) is 54.6 Å². The highest BCUT2D eigenvalue weighted by Crippen LogP contribution is 2.24. The van der Waals surface area contributed by atoms with Gasteiger partial charge in [0.15, 0.2) is 5.78 Å². The fourth-order valence-corrected chi connectivity index (χ4v) is 4.30. The molecule has 168 valence electrons. The van der Waals surface area contributed by atoms with E-state index in [1.807, 2.05) is 42.5 Å². The predicted molar refractivity (Wildman–Crippen MR) is 125 cm³/mol. The number of benzene rings is 3. The summed E-state index contributed by atoms with van der Waals surface area (Å²) in [5.41, 5.74) is 10.2. The van der Waals surface area contributed by atoms with Crippen LogP contribution in [-0.2, 0) is 30.6 Å². The van der Waals surface area contributed by atoms with E-state index >= 15 is 0 Å². The first-order valence-corrected chi connectivity index (χ1v) is 11.0.